The Morgan fingerprint density at radius 1 is 0.381 bits per heavy atom. The number of aromatic hydroxyl groups is 12. The van der Waals surface area contributed by atoms with Gasteiger partial charge in [-0.25, -0.2) is 0 Å². The van der Waals surface area contributed by atoms with E-state index in [2.05, 4.69) is 0 Å². The third-order valence-electron chi connectivity index (χ3n) is 11.8. The lowest BCUT2D eigenvalue weighted by Gasteiger charge is -2.42. The molecule has 0 amide bonds. The van der Waals surface area contributed by atoms with Gasteiger partial charge in [0.25, 0.3) is 0 Å². The Balaban J connectivity index is 1.34. The maximum Gasteiger partial charge on any atom is 0.157 e. The SMILES string of the molecule is Oc1cc(O)c2c(c1)O[C@H](c1ccc(O)c(O)c1)[C@H](O)[C@H]2c1c(O)c2c(c([C@H]3c4c(O)cc(O)cc4O[C@H](c4ccc(O)c(O)c4)[C@@H]3O)c1O)O[C@H](c1ccc(O)c(O)c1)[C@@H](O)C2. The number of hydrogen-bond acceptors (Lipinski definition) is 18. The first-order chi connectivity index (χ1) is 29.9. The van der Waals surface area contributed by atoms with E-state index in [0.717, 1.165) is 60.7 Å². The minimum absolute atomic E-state index is 0.0469. The fourth-order valence-electron chi connectivity index (χ4n) is 8.95. The molecule has 0 unspecified atom stereocenters. The van der Waals surface area contributed by atoms with Crippen molar-refractivity contribution >= 4 is 0 Å². The summed E-state index contributed by atoms with van der Waals surface area (Å²) in [4.78, 5) is 0. The number of hydrogen-bond donors (Lipinski definition) is 15. The van der Waals surface area contributed by atoms with Crippen molar-refractivity contribution in [3.8, 4) is 86.2 Å². The normalized spacial score (nSPS) is 23.6. The van der Waals surface area contributed by atoms with Crippen molar-refractivity contribution in [1.82, 2.24) is 0 Å². The Morgan fingerprint density at radius 3 is 1.22 bits per heavy atom. The summed E-state index contributed by atoms with van der Waals surface area (Å²) in [5, 5.41) is 167. The molecule has 8 atom stereocenters. The molecule has 9 rings (SSSR count). The van der Waals surface area contributed by atoms with Crippen molar-refractivity contribution in [2.45, 2.75) is 54.9 Å². The van der Waals surface area contributed by atoms with Crippen LogP contribution in [0.4, 0.5) is 0 Å². The van der Waals surface area contributed by atoms with E-state index in [9.17, 15) is 76.6 Å². The van der Waals surface area contributed by atoms with Gasteiger partial charge in [0.2, 0.25) is 0 Å². The topological polar surface area (TPSA) is 331 Å². The molecule has 0 saturated heterocycles. The second-order valence-electron chi connectivity index (χ2n) is 15.7. The maximum atomic E-state index is 12.9. The number of fused-ring (bicyclic) bond motifs is 3. The summed E-state index contributed by atoms with van der Waals surface area (Å²) in [6.07, 6.45) is -10.3. The molecule has 18 nitrogen and oxygen atoms in total. The van der Waals surface area contributed by atoms with Crippen molar-refractivity contribution in [2.75, 3.05) is 0 Å². The van der Waals surface area contributed by atoms with E-state index in [1.807, 2.05) is 0 Å². The Morgan fingerprint density at radius 2 is 0.794 bits per heavy atom. The molecular weight excluding hydrogens is 828 g/mol. The molecule has 0 aliphatic carbocycles. The molecule has 0 fully saturated rings. The molecule has 326 valence electrons. The lowest BCUT2D eigenvalue weighted by Crippen LogP contribution is -2.38. The van der Waals surface area contributed by atoms with Crippen LogP contribution >= 0.6 is 0 Å². The molecule has 6 aromatic rings. The van der Waals surface area contributed by atoms with Gasteiger partial charge in [-0.2, -0.15) is 0 Å². The monoisotopic (exact) mass is 866 g/mol. The zero-order valence-corrected chi connectivity index (χ0v) is 32.3. The number of aliphatic hydroxyl groups is 3. The first kappa shape index (κ1) is 40.6. The van der Waals surface area contributed by atoms with Crippen molar-refractivity contribution in [3.63, 3.8) is 0 Å². The van der Waals surface area contributed by atoms with Gasteiger partial charge in [-0.1, -0.05) is 18.2 Å². The average Bonchev–Trinajstić information content (AvgIpc) is 3.22. The summed E-state index contributed by atoms with van der Waals surface area (Å²) in [5.41, 5.74) is -1.52. The van der Waals surface area contributed by atoms with Crippen LogP contribution < -0.4 is 14.2 Å². The smallest absolute Gasteiger partial charge is 0.157 e. The van der Waals surface area contributed by atoms with Crippen LogP contribution in [0.1, 0.15) is 74.7 Å². The average molecular weight is 867 g/mol. The molecule has 0 spiro atoms. The lowest BCUT2D eigenvalue weighted by molar-refractivity contribution is -0.000370. The highest BCUT2D eigenvalue weighted by atomic mass is 16.5. The Labute approximate surface area is 354 Å². The van der Waals surface area contributed by atoms with Gasteiger partial charge in [0.1, 0.15) is 70.1 Å². The number of phenols is 12. The predicted molar refractivity (Wildman–Crippen MR) is 214 cm³/mol. The highest BCUT2D eigenvalue weighted by Gasteiger charge is 2.50. The molecule has 63 heavy (non-hydrogen) atoms. The lowest BCUT2D eigenvalue weighted by atomic mass is 9.73. The Bertz CT molecular complexity index is 2840. The van der Waals surface area contributed by atoms with Gasteiger partial charge in [0, 0.05) is 58.5 Å². The number of aliphatic hydroxyl groups excluding tert-OH is 3. The fourth-order valence-corrected chi connectivity index (χ4v) is 8.95. The van der Waals surface area contributed by atoms with Gasteiger partial charge in [-0.05, 0) is 53.1 Å². The molecular formula is C45H38O18. The molecule has 18 heteroatoms. The molecule has 6 aromatic carbocycles. The molecule has 3 aliphatic heterocycles. The van der Waals surface area contributed by atoms with Crippen molar-refractivity contribution in [2.24, 2.45) is 0 Å². The van der Waals surface area contributed by atoms with Crippen LogP contribution in [0.25, 0.3) is 0 Å². The van der Waals surface area contributed by atoms with Gasteiger partial charge in [-0.15, -0.1) is 0 Å². The largest absolute Gasteiger partial charge is 0.508 e. The Kier molecular flexibility index (Phi) is 9.46. The van der Waals surface area contributed by atoms with Gasteiger partial charge in [0.05, 0.1) is 17.9 Å². The van der Waals surface area contributed by atoms with Gasteiger partial charge in [0.15, 0.2) is 46.7 Å². The van der Waals surface area contributed by atoms with Crippen LogP contribution in [0.3, 0.4) is 0 Å². The molecule has 15 N–H and O–H groups in total. The van der Waals surface area contributed by atoms with Crippen molar-refractivity contribution < 1.29 is 90.8 Å². The summed E-state index contributed by atoms with van der Waals surface area (Å²) in [6, 6.07) is 14.6. The number of phenolic OH excluding ortho intramolecular Hbond substituents is 12. The van der Waals surface area contributed by atoms with E-state index in [1.165, 1.54) is 18.2 Å². The highest BCUT2D eigenvalue weighted by molar-refractivity contribution is 5.72. The fraction of sp³-hybridized carbons (Fsp3) is 0.200. The van der Waals surface area contributed by atoms with E-state index in [4.69, 9.17) is 14.2 Å². The van der Waals surface area contributed by atoms with Crippen LogP contribution in [0.2, 0.25) is 0 Å². The maximum absolute atomic E-state index is 12.9. The standard InChI is InChI=1S/C45H38O18/c46-18-10-27(54)32-30(12-18)61-43(16-2-5-22(49)25(52)8-16)40(59)34(32)36-38(57)20-14-29(56)42(15-1-4-21(48)24(51)7-15)63-45(20)37(39(36)58)35-33-28(55)11-19(47)13-31(33)62-44(41(35)60)17-3-6-23(50)26(53)9-17/h1-13,29,34-35,40-44,46-60H,14H2/t29-,34+,35+,40+,41+,42+,43+,44+/m0/s1. The minimum Gasteiger partial charge on any atom is -0.508 e. The molecule has 0 aromatic heterocycles. The second kappa shape index (κ2) is 14.7. The van der Waals surface area contributed by atoms with Crippen LogP contribution in [0.5, 0.6) is 86.2 Å². The van der Waals surface area contributed by atoms with Gasteiger partial charge >= 0.3 is 0 Å². The molecule has 0 saturated carbocycles. The first-order valence-corrected chi connectivity index (χ1v) is 19.3. The quantitative estimate of drug-likeness (QED) is 0.106. The van der Waals surface area contributed by atoms with Crippen molar-refractivity contribution in [1.29, 1.82) is 0 Å². The first-order valence-electron chi connectivity index (χ1n) is 19.3. The zero-order valence-electron chi connectivity index (χ0n) is 32.3. The van der Waals surface area contributed by atoms with E-state index >= 15 is 0 Å². The predicted octanol–water partition coefficient (Wildman–Crippen LogP) is 4.44. The van der Waals surface area contributed by atoms with Crippen molar-refractivity contribution in [3.05, 3.63) is 123 Å². The number of ether oxygens (including phenoxy) is 3. The minimum atomic E-state index is -1.91. The summed E-state index contributed by atoms with van der Waals surface area (Å²) in [5.74, 6) is -11.7. The van der Waals surface area contributed by atoms with Gasteiger partial charge < -0.3 is 90.8 Å². The summed E-state index contributed by atoms with van der Waals surface area (Å²) in [7, 11) is 0. The molecule has 3 heterocycles. The molecule has 0 radical (unpaired) electrons. The third-order valence-corrected chi connectivity index (χ3v) is 11.8. The van der Waals surface area contributed by atoms with E-state index < -0.39 is 135 Å². The number of benzene rings is 6. The van der Waals surface area contributed by atoms with E-state index in [-0.39, 0.29) is 50.6 Å². The van der Waals surface area contributed by atoms with Crippen LogP contribution in [0.15, 0.2) is 78.9 Å². The molecule has 0 bridgehead atoms. The van der Waals surface area contributed by atoms with Crippen LogP contribution in [-0.2, 0) is 6.42 Å². The van der Waals surface area contributed by atoms with E-state index in [0.29, 0.717) is 0 Å². The third kappa shape index (κ3) is 6.46. The van der Waals surface area contributed by atoms with Gasteiger partial charge in [-0.3, -0.25) is 0 Å². The second-order valence-corrected chi connectivity index (χ2v) is 15.7. The number of rotatable bonds is 5. The molecule has 3 aliphatic rings. The van der Waals surface area contributed by atoms with Crippen LogP contribution in [-0.4, -0.2) is 94.9 Å². The van der Waals surface area contributed by atoms with Crippen LogP contribution in [0, 0.1) is 0 Å². The zero-order chi connectivity index (χ0) is 44.9. The van der Waals surface area contributed by atoms with E-state index in [1.54, 1.807) is 0 Å². The Hall–Kier alpha value is -7.80. The highest BCUT2D eigenvalue weighted by Crippen LogP contribution is 2.62. The summed E-state index contributed by atoms with van der Waals surface area (Å²) in [6.45, 7) is 0. The summed E-state index contributed by atoms with van der Waals surface area (Å²) >= 11 is 0. The summed E-state index contributed by atoms with van der Waals surface area (Å²) < 4.78 is 18.6.